The molecule has 0 unspecified atom stereocenters. The molecular formula is C30H27N. The first-order chi connectivity index (χ1) is 15.2. The minimum Gasteiger partial charge on any atom is -0.261 e. The monoisotopic (exact) mass is 401 g/mol. The zero-order valence-corrected chi connectivity index (χ0v) is 18.4. The van der Waals surface area contributed by atoms with Gasteiger partial charge in [0, 0.05) is 11.9 Å². The molecule has 5 rings (SSSR count). The first-order valence-corrected chi connectivity index (χ1v) is 11.1. The van der Waals surface area contributed by atoms with E-state index in [1.807, 2.05) is 6.20 Å². The van der Waals surface area contributed by atoms with E-state index in [1.54, 1.807) is 0 Å². The van der Waals surface area contributed by atoms with E-state index < -0.39 is 0 Å². The van der Waals surface area contributed by atoms with E-state index >= 15 is 0 Å². The van der Waals surface area contributed by atoms with Crippen LogP contribution in [0.25, 0.3) is 43.1 Å². The Morgan fingerprint density at radius 3 is 1.81 bits per heavy atom. The van der Waals surface area contributed by atoms with Gasteiger partial charge in [-0.05, 0) is 87.1 Å². The van der Waals surface area contributed by atoms with Crippen molar-refractivity contribution in [2.75, 3.05) is 0 Å². The first-order valence-electron chi connectivity index (χ1n) is 11.1. The number of benzene rings is 5. The predicted molar refractivity (Wildman–Crippen MR) is 137 cm³/mol. The fraction of sp³-hybridized carbons (Fsp3) is 0.167. The normalized spacial score (nSPS) is 12.2. The minimum absolute atomic E-state index is 0.978. The van der Waals surface area contributed by atoms with E-state index in [0.717, 1.165) is 18.6 Å². The summed E-state index contributed by atoms with van der Waals surface area (Å²) in [6.45, 7) is 6.40. The van der Waals surface area contributed by atoms with Crippen LogP contribution in [0.5, 0.6) is 0 Å². The lowest BCUT2D eigenvalue weighted by Gasteiger charge is -2.14. The summed E-state index contributed by atoms with van der Waals surface area (Å²) in [5.74, 6) is 0. The highest BCUT2D eigenvalue weighted by molar-refractivity contribution is 6.27. The van der Waals surface area contributed by atoms with Crippen molar-refractivity contribution in [2.24, 2.45) is 4.99 Å². The molecule has 0 aromatic heterocycles. The quantitative estimate of drug-likeness (QED) is 0.162. The third kappa shape index (κ3) is 3.51. The molecule has 0 N–H and O–H groups in total. The Morgan fingerprint density at radius 2 is 1.23 bits per heavy atom. The van der Waals surface area contributed by atoms with Gasteiger partial charge >= 0.3 is 0 Å². The third-order valence-electron chi connectivity index (χ3n) is 6.00. The van der Waals surface area contributed by atoms with Gasteiger partial charge in [-0.2, -0.15) is 0 Å². The van der Waals surface area contributed by atoms with Crippen LogP contribution in [-0.4, -0.2) is 5.71 Å². The molecular weight excluding hydrogens is 374 g/mol. The second kappa shape index (κ2) is 8.00. The van der Waals surface area contributed by atoms with E-state index in [9.17, 15) is 0 Å². The maximum Gasteiger partial charge on any atom is 0.0475 e. The van der Waals surface area contributed by atoms with Gasteiger partial charge in [-0.3, -0.25) is 4.99 Å². The minimum atomic E-state index is 0.978. The van der Waals surface area contributed by atoms with Crippen LogP contribution in [0.15, 0.2) is 95.6 Å². The van der Waals surface area contributed by atoms with Crippen molar-refractivity contribution >= 4 is 48.8 Å². The van der Waals surface area contributed by atoms with Crippen LogP contribution < -0.4 is 0 Å². The van der Waals surface area contributed by atoms with E-state index in [-0.39, 0.29) is 0 Å². The number of hydrogen-bond acceptors (Lipinski definition) is 1. The van der Waals surface area contributed by atoms with Crippen molar-refractivity contribution in [3.05, 3.63) is 96.2 Å². The molecule has 0 fully saturated rings. The number of aliphatic imine (C=N–C) groups is 1. The van der Waals surface area contributed by atoms with Gasteiger partial charge < -0.3 is 0 Å². The highest BCUT2D eigenvalue weighted by Crippen LogP contribution is 2.37. The summed E-state index contributed by atoms with van der Waals surface area (Å²) in [6.07, 6.45) is 4.04. The maximum absolute atomic E-state index is 4.83. The van der Waals surface area contributed by atoms with Crippen LogP contribution in [0.2, 0.25) is 0 Å². The van der Waals surface area contributed by atoms with Gasteiger partial charge in [-0.1, -0.05) is 79.6 Å². The van der Waals surface area contributed by atoms with Gasteiger partial charge in [0.15, 0.2) is 0 Å². The number of rotatable bonds is 4. The smallest absolute Gasteiger partial charge is 0.0475 e. The van der Waals surface area contributed by atoms with Crippen LogP contribution in [-0.2, 0) is 0 Å². The Labute approximate surface area is 183 Å². The maximum atomic E-state index is 4.83. The van der Waals surface area contributed by atoms with E-state index in [1.165, 1.54) is 54.2 Å². The Kier molecular flexibility index (Phi) is 5.03. The molecule has 1 heteroatoms. The van der Waals surface area contributed by atoms with Gasteiger partial charge in [0.05, 0.1) is 0 Å². The van der Waals surface area contributed by atoms with Crippen molar-refractivity contribution < 1.29 is 0 Å². The number of hydrogen-bond donors (Lipinski definition) is 0. The molecule has 31 heavy (non-hydrogen) atoms. The van der Waals surface area contributed by atoms with Crippen molar-refractivity contribution in [1.29, 1.82) is 0 Å². The molecule has 0 spiro atoms. The van der Waals surface area contributed by atoms with E-state index in [0.29, 0.717) is 0 Å². The van der Waals surface area contributed by atoms with Crippen molar-refractivity contribution in [3.63, 3.8) is 0 Å². The molecule has 0 aliphatic rings. The Hall–Kier alpha value is -3.45. The highest BCUT2D eigenvalue weighted by atomic mass is 14.7. The summed E-state index contributed by atoms with van der Waals surface area (Å²) < 4.78 is 0. The topological polar surface area (TPSA) is 12.4 Å². The largest absolute Gasteiger partial charge is 0.261 e. The molecule has 0 atom stereocenters. The van der Waals surface area contributed by atoms with Gasteiger partial charge in [-0.25, -0.2) is 0 Å². The highest BCUT2D eigenvalue weighted by Gasteiger charge is 2.12. The van der Waals surface area contributed by atoms with Crippen molar-refractivity contribution in [1.82, 2.24) is 0 Å². The third-order valence-corrected chi connectivity index (χ3v) is 6.00. The van der Waals surface area contributed by atoms with Crippen molar-refractivity contribution in [3.8, 4) is 0 Å². The molecule has 0 heterocycles. The van der Waals surface area contributed by atoms with Gasteiger partial charge in [-0.15, -0.1) is 0 Å². The SMILES string of the molecule is CCC/C(=N\C=C(C)C)c1ccc2c(c1)c1ccccc1c1cc3ccccc3cc21. The Bertz CT molecular complexity index is 1500. The molecule has 5 aromatic rings. The molecule has 152 valence electrons. The molecule has 0 aliphatic heterocycles. The standard InChI is InChI=1S/C30H27N/c1-4-9-30(31-19-20(2)3)23-14-15-26-27(18-23)24-12-7-8-13-25(24)28-16-21-10-5-6-11-22(21)17-29(26)28/h5-8,10-19H,4,9H2,1-3H3/b31-30+. The summed E-state index contributed by atoms with van der Waals surface area (Å²) >= 11 is 0. The summed E-state index contributed by atoms with van der Waals surface area (Å²) in [5, 5.41) is 10.4. The molecule has 0 aliphatic carbocycles. The summed E-state index contributed by atoms with van der Waals surface area (Å²) in [6, 6.07) is 29.0. The average molecular weight is 402 g/mol. The van der Waals surface area contributed by atoms with Gasteiger partial charge in [0.1, 0.15) is 0 Å². The van der Waals surface area contributed by atoms with E-state index in [2.05, 4.69) is 99.6 Å². The average Bonchev–Trinajstić information content (AvgIpc) is 2.80. The van der Waals surface area contributed by atoms with Crippen LogP contribution in [0.1, 0.15) is 39.2 Å². The lowest BCUT2D eigenvalue weighted by atomic mass is 9.90. The number of allylic oxidation sites excluding steroid dienone is 1. The molecule has 0 radical (unpaired) electrons. The van der Waals surface area contributed by atoms with E-state index in [4.69, 9.17) is 4.99 Å². The second-order valence-corrected chi connectivity index (χ2v) is 8.58. The Balaban J connectivity index is 1.87. The molecule has 0 bridgehead atoms. The lowest BCUT2D eigenvalue weighted by molar-refractivity contribution is 0.991. The molecule has 0 saturated heterocycles. The molecule has 5 aromatic carbocycles. The van der Waals surface area contributed by atoms with Gasteiger partial charge in [0.25, 0.3) is 0 Å². The zero-order chi connectivity index (χ0) is 21.4. The number of nitrogens with zero attached hydrogens (tertiary/aromatic N) is 1. The Morgan fingerprint density at radius 1 is 0.677 bits per heavy atom. The second-order valence-electron chi connectivity index (χ2n) is 8.58. The lowest BCUT2D eigenvalue weighted by Crippen LogP contribution is -2.00. The fourth-order valence-electron chi connectivity index (χ4n) is 4.55. The van der Waals surface area contributed by atoms with Crippen LogP contribution in [0.3, 0.4) is 0 Å². The molecule has 1 nitrogen and oxygen atoms in total. The summed E-state index contributed by atoms with van der Waals surface area (Å²) in [5.41, 5.74) is 3.60. The van der Waals surface area contributed by atoms with Crippen molar-refractivity contribution in [2.45, 2.75) is 33.6 Å². The first kappa shape index (κ1) is 19.5. The van der Waals surface area contributed by atoms with Crippen LogP contribution >= 0.6 is 0 Å². The zero-order valence-electron chi connectivity index (χ0n) is 18.4. The summed E-state index contributed by atoms with van der Waals surface area (Å²) in [4.78, 5) is 4.83. The molecule has 0 amide bonds. The molecule has 0 saturated carbocycles. The fourth-order valence-corrected chi connectivity index (χ4v) is 4.55. The van der Waals surface area contributed by atoms with Crippen LogP contribution in [0, 0.1) is 0 Å². The predicted octanol–water partition coefficient (Wildman–Crippen LogP) is 8.81. The summed E-state index contributed by atoms with van der Waals surface area (Å²) in [7, 11) is 0. The number of fused-ring (bicyclic) bond motifs is 7. The van der Waals surface area contributed by atoms with Gasteiger partial charge in [0.2, 0.25) is 0 Å². The van der Waals surface area contributed by atoms with Crippen LogP contribution in [0.4, 0.5) is 0 Å².